The van der Waals surface area contributed by atoms with E-state index in [0.717, 1.165) is 23.1 Å². The molecule has 0 aliphatic rings. The van der Waals surface area contributed by atoms with Gasteiger partial charge in [-0.1, -0.05) is 38.2 Å². The Morgan fingerprint density at radius 3 is 2.62 bits per heavy atom. The Bertz CT molecular complexity index is 616. The van der Waals surface area contributed by atoms with E-state index < -0.39 is 0 Å². The third kappa shape index (κ3) is 3.60. The fraction of sp³-hybridized carbons (Fsp3) is 0.438. The number of nitrogens with zero attached hydrogens (tertiary/aromatic N) is 2. The second-order valence-corrected chi connectivity index (χ2v) is 7.15. The van der Waals surface area contributed by atoms with Crippen LogP contribution in [-0.4, -0.2) is 19.1 Å². The van der Waals surface area contributed by atoms with Gasteiger partial charge in [-0.2, -0.15) is 0 Å². The summed E-state index contributed by atoms with van der Waals surface area (Å²) >= 11 is 1.65. The van der Waals surface area contributed by atoms with Gasteiger partial charge in [-0.25, -0.2) is 9.37 Å². The fourth-order valence-electron chi connectivity index (χ4n) is 2.14. The Morgan fingerprint density at radius 2 is 2.05 bits per heavy atom. The van der Waals surface area contributed by atoms with Crippen LogP contribution in [0.5, 0.6) is 0 Å². The molecular formula is C16H22FN3S. The first-order chi connectivity index (χ1) is 9.82. The number of rotatable bonds is 4. The second-order valence-electron chi connectivity index (χ2n) is 6.09. The van der Waals surface area contributed by atoms with E-state index in [1.54, 1.807) is 17.4 Å². The van der Waals surface area contributed by atoms with E-state index >= 15 is 0 Å². The molecule has 1 heterocycles. The minimum atomic E-state index is -0.234. The van der Waals surface area contributed by atoms with Gasteiger partial charge in [-0.05, 0) is 25.2 Å². The number of aromatic nitrogens is 1. The van der Waals surface area contributed by atoms with Gasteiger partial charge in [0.2, 0.25) is 0 Å². The van der Waals surface area contributed by atoms with Gasteiger partial charge in [-0.3, -0.25) is 0 Å². The molecule has 0 saturated heterocycles. The van der Waals surface area contributed by atoms with E-state index in [9.17, 15) is 4.39 Å². The van der Waals surface area contributed by atoms with Crippen molar-refractivity contribution in [2.45, 2.75) is 32.7 Å². The van der Waals surface area contributed by atoms with Crippen LogP contribution in [0.25, 0.3) is 0 Å². The topological polar surface area (TPSA) is 28.2 Å². The van der Waals surface area contributed by atoms with Crippen molar-refractivity contribution in [1.82, 2.24) is 10.3 Å². The van der Waals surface area contributed by atoms with Crippen molar-refractivity contribution in [2.75, 3.05) is 19.0 Å². The van der Waals surface area contributed by atoms with Gasteiger partial charge in [0, 0.05) is 29.6 Å². The smallest absolute Gasteiger partial charge is 0.190 e. The summed E-state index contributed by atoms with van der Waals surface area (Å²) in [6.45, 7) is 7.27. The summed E-state index contributed by atoms with van der Waals surface area (Å²) in [6.07, 6.45) is 0. The van der Waals surface area contributed by atoms with Gasteiger partial charge >= 0.3 is 0 Å². The average Bonchev–Trinajstić information content (AvgIpc) is 2.82. The molecule has 114 valence electrons. The first-order valence-corrected chi connectivity index (χ1v) is 7.78. The molecule has 21 heavy (non-hydrogen) atoms. The zero-order valence-electron chi connectivity index (χ0n) is 13.2. The highest BCUT2D eigenvalue weighted by Crippen LogP contribution is 2.35. The quantitative estimate of drug-likeness (QED) is 0.923. The Hall–Kier alpha value is -1.46. The van der Waals surface area contributed by atoms with Crippen LogP contribution in [-0.2, 0) is 12.0 Å². The van der Waals surface area contributed by atoms with Gasteiger partial charge < -0.3 is 10.2 Å². The van der Waals surface area contributed by atoms with E-state index in [4.69, 9.17) is 4.98 Å². The van der Waals surface area contributed by atoms with Crippen LogP contribution in [0.15, 0.2) is 24.3 Å². The lowest BCUT2D eigenvalue weighted by Crippen LogP contribution is -2.17. The monoisotopic (exact) mass is 307 g/mol. The minimum absolute atomic E-state index is 0.0102. The standard InChI is InChI=1S/C16H22FN3S/c1-16(2,3)14-13(10-18-4)21-15(19-14)20(5)12-8-6-7-11(17)9-12/h6-9,18H,10H2,1-5H3. The molecule has 0 saturated carbocycles. The molecule has 0 fully saturated rings. The molecule has 0 atom stereocenters. The van der Waals surface area contributed by atoms with Crippen molar-refractivity contribution in [1.29, 1.82) is 0 Å². The lowest BCUT2D eigenvalue weighted by atomic mass is 9.91. The maximum Gasteiger partial charge on any atom is 0.190 e. The Kier molecular flexibility index (Phi) is 4.64. The highest BCUT2D eigenvalue weighted by atomic mass is 32.1. The van der Waals surface area contributed by atoms with E-state index in [1.807, 2.05) is 25.1 Å². The Labute approximate surface area is 129 Å². The summed E-state index contributed by atoms with van der Waals surface area (Å²) in [7, 11) is 3.85. The average molecular weight is 307 g/mol. The van der Waals surface area contributed by atoms with Crippen molar-refractivity contribution in [3.05, 3.63) is 40.7 Å². The van der Waals surface area contributed by atoms with Crippen molar-refractivity contribution < 1.29 is 4.39 Å². The van der Waals surface area contributed by atoms with Gasteiger partial charge in [0.25, 0.3) is 0 Å². The summed E-state index contributed by atoms with van der Waals surface area (Å²) < 4.78 is 13.4. The van der Waals surface area contributed by atoms with Crippen LogP contribution in [0.2, 0.25) is 0 Å². The van der Waals surface area contributed by atoms with Gasteiger partial charge in [0.15, 0.2) is 5.13 Å². The van der Waals surface area contributed by atoms with Gasteiger partial charge in [-0.15, -0.1) is 0 Å². The van der Waals surface area contributed by atoms with Gasteiger partial charge in [0.05, 0.1) is 5.69 Å². The van der Waals surface area contributed by atoms with Crippen LogP contribution in [0, 0.1) is 5.82 Å². The fourth-order valence-corrected chi connectivity index (χ4v) is 3.41. The highest BCUT2D eigenvalue weighted by Gasteiger charge is 2.24. The number of hydrogen-bond acceptors (Lipinski definition) is 4. The Morgan fingerprint density at radius 1 is 1.33 bits per heavy atom. The van der Waals surface area contributed by atoms with E-state index in [1.165, 1.54) is 17.0 Å². The number of benzene rings is 1. The van der Waals surface area contributed by atoms with Crippen LogP contribution in [0.1, 0.15) is 31.3 Å². The van der Waals surface area contributed by atoms with E-state index in [-0.39, 0.29) is 11.2 Å². The van der Waals surface area contributed by atoms with Crippen LogP contribution < -0.4 is 10.2 Å². The van der Waals surface area contributed by atoms with Crippen LogP contribution in [0.3, 0.4) is 0 Å². The highest BCUT2D eigenvalue weighted by molar-refractivity contribution is 7.15. The molecule has 2 aromatic rings. The van der Waals surface area contributed by atoms with Crippen molar-refractivity contribution in [3.8, 4) is 0 Å². The predicted octanol–water partition coefficient (Wildman–Crippen LogP) is 4.07. The number of halogens is 1. The summed E-state index contributed by atoms with van der Waals surface area (Å²) in [5, 5.41) is 4.07. The predicted molar refractivity (Wildman–Crippen MR) is 88.0 cm³/mol. The van der Waals surface area contributed by atoms with Crippen LogP contribution in [0.4, 0.5) is 15.2 Å². The molecule has 0 unspecified atom stereocenters. The number of hydrogen-bond donors (Lipinski definition) is 1. The molecule has 1 N–H and O–H groups in total. The third-order valence-electron chi connectivity index (χ3n) is 3.22. The van der Waals surface area contributed by atoms with Crippen molar-refractivity contribution >= 4 is 22.2 Å². The van der Waals surface area contributed by atoms with E-state index in [0.29, 0.717) is 0 Å². The third-order valence-corrected chi connectivity index (χ3v) is 4.35. The molecule has 0 bridgehead atoms. The lowest BCUT2D eigenvalue weighted by Gasteiger charge is -2.18. The van der Waals surface area contributed by atoms with Crippen LogP contribution >= 0.6 is 11.3 Å². The minimum Gasteiger partial charge on any atom is -0.321 e. The number of nitrogens with one attached hydrogen (secondary N) is 1. The molecule has 0 spiro atoms. The molecule has 2 rings (SSSR count). The maximum atomic E-state index is 13.4. The number of thiazole rings is 1. The molecule has 5 heteroatoms. The zero-order chi connectivity index (χ0) is 15.6. The molecule has 0 aliphatic heterocycles. The molecule has 1 aromatic heterocycles. The molecule has 0 aliphatic carbocycles. The molecule has 0 radical (unpaired) electrons. The molecule has 0 amide bonds. The molecule has 3 nitrogen and oxygen atoms in total. The summed E-state index contributed by atoms with van der Waals surface area (Å²) in [5.41, 5.74) is 1.89. The Balaban J connectivity index is 2.40. The maximum absolute atomic E-state index is 13.4. The van der Waals surface area contributed by atoms with Gasteiger partial charge in [0.1, 0.15) is 5.82 Å². The summed E-state index contributed by atoms with van der Waals surface area (Å²) in [6, 6.07) is 6.58. The molecule has 1 aromatic carbocycles. The summed E-state index contributed by atoms with van der Waals surface area (Å²) in [4.78, 5) is 7.95. The summed E-state index contributed by atoms with van der Waals surface area (Å²) in [5.74, 6) is -0.234. The van der Waals surface area contributed by atoms with E-state index in [2.05, 4.69) is 26.1 Å². The van der Waals surface area contributed by atoms with Crippen molar-refractivity contribution in [3.63, 3.8) is 0 Å². The van der Waals surface area contributed by atoms with Crippen molar-refractivity contribution in [2.24, 2.45) is 0 Å². The second kappa shape index (κ2) is 6.12. The first-order valence-electron chi connectivity index (χ1n) is 6.97. The largest absolute Gasteiger partial charge is 0.321 e. The SMILES string of the molecule is CNCc1sc(N(C)c2cccc(F)c2)nc1C(C)(C)C. The first kappa shape index (κ1) is 15.9. The molecular weight excluding hydrogens is 285 g/mol. The lowest BCUT2D eigenvalue weighted by molar-refractivity contribution is 0.563. The zero-order valence-corrected chi connectivity index (χ0v) is 14.0. The normalized spacial score (nSPS) is 11.7. The number of anilines is 2.